The summed E-state index contributed by atoms with van der Waals surface area (Å²) in [6.45, 7) is 2.26. The fourth-order valence-corrected chi connectivity index (χ4v) is 4.08. The summed E-state index contributed by atoms with van der Waals surface area (Å²) < 4.78 is 41.3. The zero-order chi connectivity index (χ0) is 21.3. The zero-order valence-corrected chi connectivity index (χ0v) is 16.8. The topological polar surface area (TPSA) is 85.9 Å². The number of aromatic nitrogens is 3. The van der Waals surface area contributed by atoms with Crippen molar-refractivity contribution in [2.24, 2.45) is 0 Å². The normalized spacial score (nSPS) is 20.5. The average Bonchev–Trinajstić information content (AvgIpc) is 3.12. The van der Waals surface area contributed by atoms with Crippen LogP contribution in [0.25, 0.3) is 11.3 Å². The van der Waals surface area contributed by atoms with Crippen LogP contribution in [0.1, 0.15) is 47.3 Å². The number of piperidine rings is 1. The Morgan fingerprint density at radius 1 is 1.27 bits per heavy atom. The predicted octanol–water partition coefficient (Wildman–Crippen LogP) is 3.06. The highest BCUT2D eigenvalue weighted by Gasteiger charge is 2.37. The third-order valence-electron chi connectivity index (χ3n) is 5.70. The third-order valence-corrected chi connectivity index (χ3v) is 5.70. The fraction of sp³-hybridized carbons (Fsp3) is 0.550. The van der Waals surface area contributed by atoms with Gasteiger partial charge in [-0.1, -0.05) is 0 Å². The minimum atomic E-state index is -4.60. The molecule has 0 unspecified atom stereocenters. The van der Waals surface area contributed by atoms with E-state index >= 15 is 0 Å². The molecule has 0 aromatic carbocycles. The van der Waals surface area contributed by atoms with Gasteiger partial charge in [0.2, 0.25) is 5.95 Å². The number of rotatable bonds is 3. The smallest absolute Gasteiger partial charge is 0.356 e. The van der Waals surface area contributed by atoms with Crippen LogP contribution in [-0.4, -0.2) is 58.5 Å². The lowest BCUT2D eigenvalue weighted by Gasteiger charge is -2.24. The summed E-state index contributed by atoms with van der Waals surface area (Å²) in [5, 5.41) is 6.39. The van der Waals surface area contributed by atoms with E-state index in [0.29, 0.717) is 36.3 Å². The number of H-pyrrole nitrogens is 1. The van der Waals surface area contributed by atoms with Crippen molar-refractivity contribution in [3.63, 3.8) is 0 Å². The molecule has 2 aliphatic heterocycles. The SMILES string of the molecule is CN1CCCCc2c(-c3nc(N[C@H]4CCCNC4)ncc3C(F)(F)F)c[nH]c2C1=O. The second kappa shape index (κ2) is 8.25. The molecule has 3 N–H and O–H groups in total. The Labute approximate surface area is 172 Å². The van der Waals surface area contributed by atoms with Gasteiger partial charge in [0.25, 0.3) is 5.91 Å². The molecule has 10 heteroatoms. The lowest BCUT2D eigenvalue weighted by Crippen LogP contribution is -2.38. The number of carbonyl (C=O) groups excluding carboxylic acids is 1. The van der Waals surface area contributed by atoms with Crippen LogP contribution in [0.4, 0.5) is 19.1 Å². The Hall–Kier alpha value is -2.62. The number of hydrogen-bond acceptors (Lipinski definition) is 5. The lowest BCUT2D eigenvalue weighted by molar-refractivity contribution is -0.137. The van der Waals surface area contributed by atoms with Gasteiger partial charge in [-0.25, -0.2) is 9.97 Å². The molecular weight excluding hydrogens is 397 g/mol. The van der Waals surface area contributed by atoms with Crippen molar-refractivity contribution < 1.29 is 18.0 Å². The average molecular weight is 422 g/mol. The van der Waals surface area contributed by atoms with Crippen LogP contribution in [0, 0.1) is 0 Å². The van der Waals surface area contributed by atoms with Gasteiger partial charge >= 0.3 is 6.18 Å². The van der Waals surface area contributed by atoms with Crippen LogP contribution in [0.2, 0.25) is 0 Å². The summed E-state index contributed by atoms with van der Waals surface area (Å²) >= 11 is 0. The molecule has 162 valence electrons. The molecular formula is C20H25F3N6O. The van der Waals surface area contributed by atoms with Crippen molar-refractivity contribution in [3.05, 3.63) is 29.2 Å². The number of alkyl halides is 3. The first kappa shape index (κ1) is 20.6. The molecule has 0 spiro atoms. The second-order valence-electron chi connectivity index (χ2n) is 7.88. The van der Waals surface area contributed by atoms with Gasteiger partial charge in [-0.3, -0.25) is 4.79 Å². The standard InChI is InChI=1S/C20H25F3N6O/c1-29-8-3-2-6-13-14(10-25-17(13)18(29)30)16-15(20(21,22)23)11-26-19(28-16)27-12-5-4-7-24-9-12/h10-12,24-25H,2-9H2,1H3,(H,26,27,28)/t12-/m0/s1. The van der Waals surface area contributed by atoms with E-state index in [2.05, 4.69) is 25.6 Å². The summed E-state index contributed by atoms with van der Waals surface area (Å²) in [4.78, 5) is 25.4. The van der Waals surface area contributed by atoms with Gasteiger partial charge in [0, 0.05) is 44.1 Å². The molecule has 30 heavy (non-hydrogen) atoms. The zero-order valence-electron chi connectivity index (χ0n) is 16.8. The van der Waals surface area contributed by atoms with E-state index in [1.807, 2.05) is 0 Å². The van der Waals surface area contributed by atoms with Crippen LogP contribution in [-0.2, 0) is 12.6 Å². The van der Waals surface area contributed by atoms with Gasteiger partial charge in [-0.05, 0) is 44.2 Å². The lowest BCUT2D eigenvalue weighted by atomic mass is 9.97. The Morgan fingerprint density at radius 2 is 2.10 bits per heavy atom. The van der Waals surface area contributed by atoms with Crippen molar-refractivity contribution in [2.75, 3.05) is 32.0 Å². The molecule has 1 saturated heterocycles. The van der Waals surface area contributed by atoms with Gasteiger partial charge in [0.1, 0.15) is 11.3 Å². The van der Waals surface area contributed by atoms with E-state index in [-0.39, 0.29) is 23.6 Å². The molecule has 1 amide bonds. The number of nitrogens with zero attached hydrogens (tertiary/aromatic N) is 3. The molecule has 2 aromatic heterocycles. The highest BCUT2D eigenvalue weighted by atomic mass is 19.4. The molecule has 2 aromatic rings. The van der Waals surface area contributed by atoms with Gasteiger partial charge < -0.3 is 20.5 Å². The number of halogens is 3. The van der Waals surface area contributed by atoms with E-state index in [1.165, 1.54) is 6.20 Å². The monoisotopic (exact) mass is 422 g/mol. The van der Waals surface area contributed by atoms with Gasteiger partial charge in [-0.2, -0.15) is 13.2 Å². The molecule has 1 fully saturated rings. The number of fused-ring (bicyclic) bond motifs is 1. The summed E-state index contributed by atoms with van der Waals surface area (Å²) in [6.07, 6.45) is 1.66. The molecule has 2 aliphatic rings. The number of nitrogens with one attached hydrogen (secondary N) is 3. The highest BCUT2D eigenvalue weighted by Crippen LogP contribution is 2.39. The van der Waals surface area contributed by atoms with E-state index < -0.39 is 11.7 Å². The molecule has 7 nitrogen and oxygen atoms in total. The second-order valence-corrected chi connectivity index (χ2v) is 7.88. The van der Waals surface area contributed by atoms with Crippen LogP contribution in [0.5, 0.6) is 0 Å². The number of anilines is 1. The van der Waals surface area contributed by atoms with Crippen molar-refractivity contribution in [1.82, 2.24) is 25.2 Å². The van der Waals surface area contributed by atoms with Gasteiger partial charge in [-0.15, -0.1) is 0 Å². The minimum absolute atomic E-state index is 0.0606. The molecule has 4 rings (SSSR count). The van der Waals surface area contributed by atoms with Crippen molar-refractivity contribution in [3.8, 4) is 11.3 Å². The van der Waals surface area contributed by atoms with Crippen molar-refractivity contribution >= 4 is 11.9 Å². The molecule has 1 atom stereocenters. The summed E-state index contributed by atoms with van der Waals surface area (Å²) in [5.41, 5.74) is 0.135. The Bertz CT molecular complexity index is 920. The van der Waals surface area contributed by atoms with E-state index in [4.69, 9.17) is 0 Å². The first-order chi connectivity index (χ1) is 14.3. The summed E-state index contributed by atoms with van der Waals surface area (Å²) in [7, 11) is 1.70. The molecule has 0 radical (unpaired) electrons. The number of amides is 1. The van der Waals surface area contributed by atoms with Crippen LogP contribution >= 0.6 is 0 Å². The third kappa shape index (κ3) is 4.14. The number of carbonyl (C=O) groups is 1. The van der Waals surface area contributed by atoms with E-state index in [9.17, 15) is 18.0 Å². The van der Waals surface area contributed by atoms with E-state index in [1.54, 1.807) is 11.9 Å². The minimum Gasteiger partial charge on any atom is -0.356 e. The molecule has 0 aliphatic carbocycles. The van der Waals surface area contributed by atoms with Crippen LogP contribution in [0.15, 0.2) is 12.4 Å². The molecule has 0 bridgehead atoms. The number of aromatic amines is 1. The van der Waals surface area contributed by atoms with Gasteiger partial charge in [0.05, 0.1) is 5.69 Å². The number of hydrogen-bond donors (Lipinski definition) is 3. The first-order valence-corrected chi connectivity index (χ1v) is 10.2. The largest absolute Gasteiger partial charge is 0.419 e. The highest BCUT2D eigenvalue weighted by molar-refractivity contribution is 5.96. The maximum Gasteiger partial charge on any atom is 0.419 e. The van der Waals surface area contributed by atoms with Crippen molar-refractivity contribution in [1.29, 1.82) is 0 Å². The van der Waals surface area contributed by atoms with Crippen molar-refractivity contribution in [2.45, 2.75) is 44.3 Å². The summed E-state index contributed by atoms with van der Waals surface area (Å²) in [5.74, 6) is -0.0545. The Morgan fingerprint density at radius 3 is 2.83 bits per heavy atom. The van der Waals surface area contributed by atoms with E-state index in [0.717, 1.165) is 38.4 Å². The van der Waals surface area contributed by atoms with Crippen LogP contribution < -0.4 is 10.6 Å². The maximum atomic E-state index is 13.8. The Balaban J connectivity index is 1.76. The maximum absolute atomic E-state index is 13.8. The van der Waals surface area contributed by atoms with Crippen LogP contribution in [0.3, 0.4) is 0 Å². The first-order valence-electron chi connectivity index (χ1n) is 10.2. The summed E-state index contributed by atoms with van der Waals surface area (Å²) in [6, 6.07) is 0.0606. The molecule has 0 saturated carbocycles. The van der Waals surface area contributed by atoms with Gasteiger partial charge in [0.15, 0.2) is 0 Å². The Kier molecular flexibility index (Phi) is 5.68. The quantitative estimate of drug-likeness (QED) is 0.708. The predicted molar refractivity (Wildman–Crippen MR) is 106 cm³/mol. The fourth-order valence-electron chi connectivity index (χ4n) is 4.08. The molecule has 4 heterocycles.